The Balaban J connectivity index is 0.00000288. The molecular weight excluding hydrogens is 385 g/mol. The number of anilines is 2. The van der Waals surface area contributed by atoms with Crippen molar-refractivity contribution in [3.63, 3.8) is 0 Å². The van der Waals surface area contributed by atoms with Gasteiger partial charge in [-0.15, -0.1) is 24.8 Å². The summed E-state index contributed by atoms with van der Waals surface area (Å²) in [6.07, 6.45) is 0. The number of carbonyl (C=O) groups is 1. The third-order valence-electron chi connectivity index (χ3n) is 4.04. The van der Waals surface area contributed by atoms with Crippen molar-refractivity contribution < 1.29 is 13.2 Å². The van der Waals surface area contributed by atoms with E-state index in [-0.39, 0.29) is 47.6 Å². The third-order valence-corrected chi connectivity index (χ3v) is 5.65. The van der Waals surface area contributed by atoms with Gasteiger partial charge in [-0.3, -0.25) is 4.79 Å². The molecular formula is C16H27Cl2N3O3S. The predicted octanol–water partition coefficient (Wildman–Crippen LogP) is 2.08. The molecule has 1 atom stereocenters. The summed E-state index contributed by atoms with van der Waals surface area (Å²) in [5.74, 6) is 0.104. The minimum Gasteiger partial charge on any atom is -0.369 e. The number of sulfone groups is 1. The standard InChI is InChI=1S/C16H25N3O3S.2ClH/c1-16(2,3)14(17)15(20)18-12-5-4-6-13(11-12)19-7-9-23(21,22)10-8-19;;/h4-6,11,14H,7-10,17H2,1-3H3,(H,18,20);2*1H/t14-;;/m1../s1. The fourth-order valence-corrected chi connectivity index (χ4v) is 3.57. The van der Waals surface area contributed by atoms with Crippen LogP contribution < -0.4 is 16.0 Å². The first kappa shape index (κ1) is 24.0. The summed E-state index contributed by atoms with van der Waals surface area (Å²) >= 11 is 0. The molecule has 1 aromatic carbocycles. The topological polar surface area (TPSA) is 92.5 Å². The van der Waals surface area contributed by atoms with Gasteiger partial charge in [0.15, 0.2) is 9.84 Å². The first-order chi connectivity index (χ1) is 10.6. The fourth-order valence-electron chi connectivity index (χ4n) is 2.36. The molecule has 1 aliphatic rings. The monoisotopic (exact) mass is 411 g/mol. The molecule has 9 heteroatoms. The average molecular weight is 412 g/mol. The van der Waals surface area contributed by atoms with Crippen LogP contribution in [0.25, 0.3) is 0 Å². The maximum absolute atomic E-state index is 12.2. The largest absolute Gasteiger partial charge is 0.369 e. The van der Waals surface area contributed by atoms with Crippen molar-refractivity contribution in [2.45, 2.75) is 26.8 Å². The molecule has 6 nitrogen and oxygen atoms in total. The van der Waals surface area contributed by atoms with E-state index >= 15 is 0 Å². The zero-order valence-electron chi connectivity index (χ0n) is 14.7. The molecule has 3 N–H and O–H groups in total. The van der Waals surface area contributed by atoms with Crippen molar-refractivity contribution in [1.82, 2.24) is 0 Å². The lowest BCUT2D eigenvalue weighted by atomic mass is 9.87. The normalized spacial score (nSPS) is 17.7. The van der Waals surface area contributed by atoms with E-state index in [9.17, 15) is 13.2 Å². The minimum atomic E-state index is -2.91. The highest BCUT2D eigenvalue weighted by Gasteiger charge is 2.27. The SMILES string of the molecule is CC(C)(C)[C@H](N)C(=O)Nc1cccc(N2CCS(=O)(=O)CC2)c1.Cl.Cl. The summed E-state index contributed by atoms with van der Waals surface area (Å²) in [4.78, 5) is 14.2. The number of halogens is 2. The van der Waals surface area contributed by atoms with Crippen molar-refractivity contribution in [1.29, 1.82) is 0 Å². The van der Waals surface area contributed by atoms with Crippen LogP contribution in [0, 0.1) is 5.41 Å². The summed E-state index contributed by atoms with van der Waals surface area (Å²) in [6.45, 7) is 6.70. The van der Waals surface area contributed by atoms with E-state index in [0.717, 1.165) is 5.69 Å². The van der Waals surface area contributed by atoms with Crippen molar-refractivity contribution >= 4 is 51.9 Å². The lowest BCUT2D eigenvalue weighted by Gasteiger charge is -2.29. The number of hydrogen-bond acceptors (Lipinski definition) is 5. The molecule has 1 aliphatic heterocycles. The zero-order chi connectivity index (χ0) is 17.3. The smallest absolute Gasteiger partial charge is 0.241 e. The van der Waals surface area contributed by atoms with Gasteiger partial charge in [-0.05, 0) is 23.6 Å². The number of benzene rings is 1. The number of nitrogens with zero attached hydrogens (tertiary/aromatic N) is 1. The van der Waals surface area contributed by atoms with Crippen molar-refractivity contribution in [2.75, 3.05) is 34.8 Å². The van der Waals surface area contributed by atoms with Crippen LogP contribution in [0.3, 0.4) is 0 Å². The Hall–Kier alpha value is -1.02. The molecule has 1 heterocycles. The Morgan fingerprint density at radius 1 is 1.20 bits per heavy atom. The van der Waals surface area contributed by atoms with E-state index in [1.165, 1.54) is 0 Å². The molecule has 2 rings (SSSR count). The highest BCUT2D eigenvalue weighted by Crippen LogP contribution is 2.23. The Morgan fingerprint density at radius 3 is 2.28 bits per heavy atom. The Kier molecular flexibility index (Phi) is 8.70. The molecule has 0 saturated carbocycles. The Labute approximate surface area is 162 Å². The second-order valence-electron chi connectivity index (χ2n) is 7.02. The molecule has 1 saturated heterocycles. The lowest BCUT2D eigenvalue weighted by Crippen LogP contribution is -2.45. The molecule has 25 heavy (non-hydrogen) atoms. The Morgan fingerprint density at radius 2 is 1.76 bits per heavy atom. The van der Waals surface area contributed by atoms with Crippen LogP contribution in [-0.2, 0) is 14.6 Å². The maximum Gasteiger partial charge on any atom is 0.241 e. The molecule has 0 aliphatic carbocycles. The minimum absolute atomic E-state index is 0. The summed E-state index contributed by atoms with van der Waals surface area (Å²) in [6, 6.07) is 6.81. The number of rotatable bonds is 3. The molecule has 0 aromatic heterocycles. The number of nitrogens with one attached hydrogen (secondary N) is 1. The van der Waals surface area contributed by atoms with Gasteiger partial charge in [-0.2, -0.15) is 0 Å². The quantitative estimate of drug-likeness (QED) is 0.793. The van der Waals surface area contributed by atoms with Gasteiger partial charge in [-0.1, -0.05) is 26.8 Å². The van der Waals surface area contributed by atoms with Gasteiger partial charge >= 0.3 is 0 Å². The van der Waals surface area contributed by atoms with Gasteiger partial charge in [0.25, 0.3) is 0 Å². The average Bonchev–Trinajstić information content (AvgIpc) is 2.45. The van der Waals surface area contributed by atoms with Gasteiger partial charge in [-0.25, -0.2) is 8.42 Å². The molecule has 0 spiro atoms. The van der Waals surface area contributed by atoms with Crippen LogP contribution in [0.5, 0.6) is 0 Å². The van der Waals surface area contributed by atoms with Gasteiger partial charge < -0.3 is 16.0 Å². The summed E-state index contributed by atoms with van der Waals surface area (Å²) in [7, 11) is -2.91. The molecule has 0 bridgehead atoms. The molecule has 1 amide bonds. The first-order valence-corrected chi connectivity index (χ1v) is 9.52. The van der Waals surface area contributed by atoms with Gasteiger partial charge in [0.2, 0.25) is 5.91 Å². The van der Waals surface area contributed by atoms with Crippen LogP contribution >= 0.6 is 24.8 Å². The molecule has 1 aromatic rings. The molecule has 0 radical (unpaired) electrons. The van der Waals surface area contributed by atoms with Crippen LogP contribution in [-0.4, -0.2) is 45.0 Å². The number of nitrogens with two attached hydrogens (primary N) is 1. The van der Waals surface area contributed by atoms with Crippen LogP contribution in [0.1, 0.15) is 20.8 Å². The van der Waals surface area contributed by atoms with E-state index in [0.29, 0.717) is 18.8 Å². The van der Waals surface area contributed by atoms with Crippen molar-refractivity contribution in [2.24, 2.45) is 11.1 Å². The number of hydrogen-bond donors (Lipinski definition) is 2. The first-order valence-electron chi connectivity index (χ1n) is 7.70. The van der Waals surface area contributed by atoms with Crippen LogP contribution in [0.2, 0.25) is 0 Å². The van der Waals surface area contributed by atoms with Crippen LogP contribution in [0.4, 0.5) is 11.4 Å². The highest BCUT2D eigenvalue weighted by atomic mass is 35.5. The van der Waals surface area contributed by atoms with Gasteiger partial charge in [0.1, 0.15) is 0 Å². The van der Waals surface area contributed by atoms with Crippen LogP contribution in [0.15, 0.2) is 24.3 Å². The predicted molar refractivity (Wildman–Crippen MR) is 108 cm³/mol. The van der Waals surface area contributed by atoms with Crippen molar-refractivity contribution in [3.05, 3.63) is 24.3 Å². The molecule has 144 valence electrons. The number of carbonyl (C=O) groups excluding carboxylic acids is 1. The summed E-state index contributed by atoms with van der Waals surface area (Å²) in [5.41, 5.74) is 7.22. The third kappa shape index (κ3) is 6.66. The summed E-state index contributed by atoms with van der Waals surface area (Å²) in [5, 5.41) is 2.84. The van der Waals surface area contributed by atoms with E-state index in [4.69, 9.17) is 5.73 Å². The maximum atomic E-state index is 12.2. The second-order valence-corrected chi connectivity index (χ2v) is 9.33. The van der Waals surface area contributed by atoms with E-state index in [1.807, 2.05) is 43.9 Å². The van der Waals surface area contributed by atoms with E-state index in [2.05, 4.69) is 5.32 Å². The van der Waals surface area contributed by atoms with Gasteiger partial charge in [0.05, 0.1) is 17.5 Å². The van der Waals surface area contributed by atoms with E-state index < -0.39 is 15.9 Å². The van der Waals surface area contributed by atoms with Crippen molar-refractivity contribution in [3.8, 4) is 0 Å². The van der Waals surface area contributed by atoms with E-state index in [1.54, 1.807) is 6.07 Å². The molecule has 1 fully saturated rings. The summed E-state index contributed by atoms with van der Waals surface area (Å²) < 4.78 is 23.0. The Bertz CT molecular complexity index is 676. The zero-order valence-corrected chi connectivity index (χ0v) is 17.1. The fraction of sp³-hybridized carbons (Fsp3) is 0.562. The number of amides is 1. The lowest BCUT2D eigenvalue weighted by molar-refractivity contribution is -0.119. The second kappa shape index (κ2) is 9.07. The van der Waals surface area contributed by atoms with Gasteiger partial charge in [0, 0.05) is 24.5 Å². The molecule has 0 unspecified atom stereocenters. The highest BCUT2D eigenvalue weighted by molar-refractivity contribution is 7.91.